The number of pyridine rings is 1. The molecule has 0 atom stereocenters. The van der Waals surface area contributed by atoms with Crippen molar-refractivity contribution in [2.24, 2.45) is 0 Å². The van der Waals surface area contributed by atoms with Gasteiger partial charge in [-0.05, 0) is 18.1 Å². The highest BCUT2D eigenvalue weighted by atomic mass is 16.5. The van der Waals surface area contributed by atoms with Crippen LogP contribution in [0.3, 0.4) is 0 Å². The lowest BCUT2D eigenvalue weighted by Gasteiger charge is -2.04. The van der Waals surface area contributed by atoms with Crippen molar-refractivity contribution in [2.75, 3.05) is 0 Å². The third kappa shape index (κ3) is 2.04. The lowest BCUT2D eigenvalue weighted by Crippen LogP contribution is -2.03. The topological polar surface area (TPSA) is 76.2 Å². The van der Waals surface area contributed by atoms with Crippen LogP contribution in [0.2, 0.25) is 0 Å². The van der Waals surface area contributed by atoms with Crippen LogP contribution in [-0.2, 0) is 0 Å². The summed E-state index contributed by atoms with van der Waals surface area (Å²) < 4.78 is 5.11. The van der Waals surface area contributed by atoms with Crippen molar-refractivity contribution in [3.05, 3.63) is 35.7 Å². The maximum absolute atomic E-state index is 11.0. The Bertz CT molecular complexity index is 532. The maximum atomic E-state index is 11.0. The SMILES string of the molecule is CC(C)c1c(C(=O)O)noc1-c1ccccn1. The molecule has 0 radical (unpaired) electrons. The lowest BCUT2D eigenvalue weighted by atomic mass is 9.99. The second kappa shape index (κ2) is 4.37. The van der Waals surface area contributed by atoms with Gasteiger partial charge in [-0.2, -0.15) is 0 Å². The van der Waals surface area contributed by atoms with Crippen molar-refractivity contribution in [2.45, 2.75) is 19.8 Å². The predicted octanol–water partition coefficient (Wildman–Crippen LogP) is 2.56. The van der Waals surface area contributed by atoms with Gasteiger partial charge in [0, 0.05) is 11.8 Å². The molecule has 0 aromatic carbocycles. The van der Waals surface area contributed by atoms with Crippen molar-refractivity contribution in [3.8, 4) is 11.5 Å². The molecule has 2 aromatic heterocycles. The minimum absolute atomic E-state index is 0.00403. The molecule has 0 bridgehead atoms. The van der Waals surface area contributed by atoms with Gasteiger partial charge in [-0.15, -0.1) is 0 Å². The van der Waals surface area contributed by atoms with Gasteiger partial charge in [0.1, 0.15) is 5.69 Å². The van der Waals surface area contributed by atoms with E-state index in [9.17, 15) is 4.79 Å². The summed E-state index contributed by atoms with van der Waals surface area (Å²) in [6.45, 7) is 3.79. The first-order chi connectivity index (χ1) is 8.11. The van der Waals surface area contributed by atoms with Gasteiger partial charge in [0.15, 0.2) is 11.5 Å². The summed E-state index contributed by atoms with van der Waals surface area (Å²) in [5, 5.41) is 12.6. The van der Waals surface area contributed by atoms with E-state index >= 15 is 0 Å². The summed E-state index contributed by atoms with van der Waals surface area (Å²) in [5.41, 5.74) is 1.13. The molecule has 2 heterocycles. The smallest absolute Gasteiger partial charge is 0.358 e. The van der Waals surface area contributed by atoms with Gasteiger partial charge in [-0.25, -0.2) is 4.79 Å². The molecule has 0 aliphatic heterocycles. The second-order valence-corrected chi connectivity index (χ2v) is 3.95. The van der Waals surface area contributed by atoms with Crippen molar-refractivity contribution in [3.63, 3.8) is 0 Å². The van der Waals surface area contributed by atoms with Crippen molar-refractivity contribution < 1.29 is 14.4 Å². The molecule has 0 aliphatic carbocycles. The van der Waals surface area contributed by atoms with E-state index in [1.165, 1.54) is 0 Å². The number of carboxylic acids is 1. The molecule has 0 unspecified atom stereocenters. The molecule has 0 amide bonds. The predicted molar refractivity (Wildman–Crippen MR) is 60.8 cm³/mol. The number of rotatable bonds is 3. The van der Waals surface area contributed by atoms with Crippen LogP contribution >= 0.6 is 0 Å². The van der Waals surface area contributed by atoms with Gasteiger partial charge >= 0.3 is 5.97 Å². The summed E-state index contributed by atoms with van der Waals surface area (Å²) in [6, 6.07) is 5.36. The Morgan fingerprint density at radius 2 is 2.18 bits per heavy atom. The number of aromatic carboxylic acids is 1. The minimum atomic E-state index is -1.08. The van der Waals surface area contributed by atoms with E-state index in [1.54, 1.807) is 18.3 Å². The minimum Gasteiger partial charge on any atom is -0.476 e. The van der Waals surface area contributed by atoms with Crippen LogP contribution in [0.4, 0.5) is 0 Å². The summed E-state index contributed by atoms with van der Waals surface area (Å²) in [5.74, 6) is -0.651. The fraction of sp³-hybridized carbons (Fsp3) is 0.250. The van der Waals surface area contributed by atoms with E-state index in [1.807, 2.05) is 19.9 Å². The fourth-order valence-corrected chi connectivity index (χ4v) is 1.67. The van der Waals surface area contributed by atoms with Crippen LogP contribution in [0.25, 0.3) is 11.5 Å². The first kappa shape index (κ1) is 11.3. The van der Waals surface area contributed by atoms with Crippen LogP contribution in [-0.4, -0.2) is 21.2 Å². The Balaban J connectivity index is 2.60. The van der Waals surface area contributed by atoms with Crippen molar-refractivity contribution in [1.29, 1.82) is 0 Å². The molecule has 2 rings (SSSR count). The fourth-order valence-electron chi connectivity index (χ4n) is 1.67. The van der Waals surface area contributed by atoms with E-state index < -0.39 is 5.97 Å². The average molecular weight is 232 g/mol. The zero-order valence-electron chi connectivity index (χ0n) is 9.54. The molecule has 0 fully saturated rings. The summed E-state index contributed by atoms with van der Waals surface area (Å²) in [7, 11) is 0. The molecule has 1 N–H and O–H groups in total. The largest absolute Gasteiger partial charge is 0.476 e. The number of carbonyl (C=O) groups is 1. The summed E-state index contributed by atoms with van der Waals surface area (Å²) in [6.07, 6.45) is 1.63. The van der Waals surface area contributed by atoms with E-state index in [2.05, 4.69) is 10.1 Å². The Hall–Kier alpha value is -2.17. The third-order valence-corrected chi connectivity index (χ3v) is 2.41. The number of nitrogens with zero attached hydrogens (tertiary/aromatic N) is 2. The number of aromatic nitrogens is 2. The molecule has 0 saturated heterocycles. The number of hydrogen-bond acceptors (Lipinski definition) is 4. The van der Waals surface area contributed by atoms with Crippen LogP contribution in [0.15, 0.2) is 28.9 Å². The van der Waals surface area contributed by atoms with Crippen LogP contribution < -0.4 is 0 Å². The maximum Gasteiger partial charge on any atom is 0.358 e. The molecular weight excluding hydrogens is 220 g/mol. The van der Waals surface area contributed by atoms with Crippen LogP contribution in [0.5, 0.6) is 0 Å². The standard InChI is InChI=1S/C12H12N2O3/c1-7(2)9-10(12(15)16)14-17-11(9)8-5-3-4-6-13-8/h3-7H,1-2H3,(H,15,16). The normalized spacial score (nSPS) is 10.8. The summed E-state index contributed by atoms with van der Waals surface area (Å²) >= 11 is 0. The zero-order valence-corrected chi connectivity index (χ0v) is 9.54. The Labute approximate surface area is 98.1 Å². The zero-order chi connectivity index (χ0) is 12.4. The highest BCUT2D eigenvalue weighted by Crippen LogP contribution is 2.30. The molecule has 5 heteroatoms. The lowest BCUT2D eigenvalue weighted by molar-refractivity contribution is 0.0684. The molecule has 0 aliphatic rings. The number of hydrogen-bond donors (Lipinski definition) is 1. The molecule has 88 valence electrons. The van der Waals surface area contributed by atoms with E-state index in [0.29, 0.717) is 17.0 Å². The van der Waals surface area contributed by atoms with Gasteiger partial charge < -0.3 is 9.63 Å². The molecule has 5 nitrogen and oxygen atoms in total. The summed E-state index contributed by atoms with van der Waals surface area (Å²) in [4.78, 5) is 15.2. The molecule has 17 heavy (non-hydrogen) atoms. The van der Waals surface area contributed by atoms with Crippen molar-refractivity contribution >= 4 is 5.97 Å². The Morgan fingerprint density at radius 1 is 1.41 bits per heavy atom. The quantitative estimate of drug-likeness (QED) is 0.880. The van der Waals surface area contributed by atoms with Crippen molar-refractivity contribution in [1.82, 2.24) is 10.1 Å². The first-order valence-corrected chi connectivity index (χ1v) is 5.25. The van der Waals surface area contributed by atoms with Gasteiger partial charge in [-0.3, -0.25) is 4.98 Å². The number of carboxylic acid groups (broad SMARTS) is 1. The monoisotopic (exact) mass is 232 g/mol. The Kier molecular flexibility index (Phi) is 2.91. The second-order valence-electron chi connectivity index (χ2n) is 3.95. The van der Waals surface area contributed by atoms with Gasteiger partial charge in [-0.1, -0.05) is 25.1 Å². The Morgan fingerprint density at radius 3 is 2.71 bits per heavy atom. The van der Waals surface area contributed by atoms with E-state index in [4.69, 9.17) is 9.63 Å². The highest BCUT2D eigenvalue weighted by molar-refractivity contribution is 5.89. The van der Waals surface area contributed by atoms with Crippen LogP contribution in [0.1, 0.15) is 35.8 Å². The third-order valence-electron chi connectivity index (χ3n) is 2.41. The van der Waals surface area contributed by atoms with E-state index in [0.717, 1.165) is 0 Å². The van der Waals surface area contributed by atoms with Crippen LogP contribution in [0, 0.1) is 0 Å². The molecular formula is C12H12N2O3. The van der Waals surface area contributed by atoms with Gasteiger partial charge in [0.25, 0.3) is 0 Å². The molecule has 0 spiro atoms. The van der Waals surface area contributed by atoms with Gasteiger partial charge in [0.2, 0.25) is 0 Å². The van der Waals surface area contributed by atoms with E-state index in [-0.39, 0.29) is 11.6 Å². The van der Waals surface area contributed by atoms with Gasteiger partial charge in [0.05, 0.1) is 0 Å². The molecule has 2 aromatic rings. The molecule has 0 saturated carbocycles. The highest BCUT2D eigenvalue weighted by Gasteiger charge is 2.25. The average Bonchev–Trinajstić information content (AvgIpc) is 2.74. The first-order valence-electron chi connectivity index (χ1n) is 5.25.